The molecule has 0 aliphatic rings. The zero-order valence-electron chi connectivity index (χ0n) is 6.78. The molecule has 12 heavy (non-hydrogen) atoms. The van der Waals surface area contributed by atoms with Crippen LogP contribution in [0.25, 0.3) is 0 Å². The van der Waals surface area contributed by atoms with Crippen molar-refractivity contribution in [2.45, 2.75) is 6.92 Å². The Balaban J connectivity index is 3.80. The molecule has 0 radical (unpaired) electrons. The number of carbonyl (C=O) groups is 2. The monoisotopic (exact) mass is 170 g/mol. The van der Waals surface area contributed by atoms with Crippen LogP contribution < -0.4 is 0 Å². The molecule has 0 atom stereocenters. The summed E-state index contributed by atoms with van der Waals surface area (Å²) in [6, 6.07) is 0. The zero-order chi connectivity index (χ0) is 9.40. The molecule has 0 unspecified atom stereocenters. The van der Waals surface area contributed by atoms with Crippen LogP contribution in [-0.4, -0.2) is 18.5 Å². The molecule has 0 aliphatic heterocycles. The summed E-state index contributed by atoms with van der Waals surface area (Å²) in [5.74, 6) is -1.23. The standard InChI is InChI=1S/C8H10O4/c1-3-11-7(9)5-6-8(10)12-4-2/h3,5-6H,1,4H2,2H3/b6-5+. The van der Waals surface area contributed by atoms with Gasteiger partial charge in [-0.1, -0.05) is 6.58 Å². The van der Waals surface area contributed by atoms with Crippen molar-refractivity contribution in [1.29, 1.82) is 0 Å². The van der Waals surface area contributed by atoms with E-state index in [1.807, 2.05) is 0 Å². The molecule has 0 aromatic rings. The minimum atomic E-state index is -0.655. The fourth-order valence-corrected chi connectivity index (χ4v) is 0.448. The van der Waals surface area contributed by atoms with Gasteiger partial charge in [-0.15, -0.1) is 0 Å². The summed E-state index contributed by atoms with van der Waals surface area (Å²) < 4.78 is 8.81. The first-order chi connectivity index (χ1) is 5.70. The Hall–Kier alpha value is -1.58. The number of carbonyl (C=O) groups excluding carboxylic acids is 2. The van der Waals surface area contributed by atoms with E-state index in [9.17, 15) is 9.59 Å². The van der Waals surface area contributed by atoms with Crippen molar-refractivity contribution in [3.63, 3.8) is 0 Å². The van der Waals surface area contributed by atoms with Crippen molar-refractivity contribution in [1.82, 2.24) is 0 Å². The van der Waals surface area contributed by atoms with Crippen LogP contribution in [-0.2, 0) is 19.1 Å². The first-order valence-corrected chi connectivity index (χ1v) is 3.37. The van der Waals surface area contributed by atoms with Crippen LogP contribution in [0.1, 0.15) is 6.92 Å². The molecule has 0 spiro atoms. The molecule has 0 saturated heterocycles. The van der Waals surface area contributed by atoms with Gasteiger partial charge in [0.15, 0.2) is 0 Å². The maximum Gasteiger partial charge on any atom is 0.335 e. The quantitative estimate of drug-likeness (QED) is 0.355. The summed E-state index contributed by atoms with van der Waals surface area (Å²) >= 11 is 0. The highest BCUT2D eigenvalue weighted by Crippen LogP contribution is 1.84. The summed E-state index contributed by atoms with van der Waals surface area (Å²) in [6.07, 6.45) is 2.95. The van der Waals surface area contributed by atoms with E-state index in [-0.39, 0.29) is 6.61 Å². The molecule has 0 fully saturated rings. The summed E-state index contributed by atoms with van der Waals surface area (Å²) in [4.78, 5) is 21.2. The van der Waals surface area contributed by atoms with Crippen molar-refractivity contribution in [3.05, 3.63) is 25.0 Å². The van der Waals surface area contributed by atoms with Crippen LogP contribution in [0.2, 0.25) is 0 Å². The predicted octanol–water partition coefficient (Wildman–Crippen LogP) is 0.792. The third-order valence-electron chi connectivity index (χ3n) is 0.842. The number of hydrogen-bond acceptors (Lipinski definition) is 4. The second-order valence-corrected chi connectivity index (χ2v) is 1.69. The van der Waals surface area contributed by atoms with Crippen LogP contribution in [0.3, 0.4) is 0 Å². The normalized spacial score (nSPS) is 9.42. The lowest BCUT2D eigenvalue weighted by Gasteiger charge is -1.93. The molecule has 0 rings (SSSR count). The number of hydrogen-bond donors (Lipinski definition) is 0. The van der Waals surface area contributed by atoms with Crippen molar-refractivity contribution in [2.24, 2.45) is 0 Å². The van der Waals surface area contributed by atoms with E-state index in [0.717, 1.165) is 18.4 Å². The summed E-state index contributed by atoms with van der Waals surface area (Å²) in [5.41, 5.74) is 0. The topological polar surface area (TPSA) is 52.6 Å². The molecule has 0 bridgehead atoms. The van der Waals surface area contributed by atoms with Crippen molar-refractivity contribution in [3.8, 4) is 0 Å². The maximum absolute atomic E-state index is 10.6. The van der Waals surface area contributed by atoms with Gasteiger partial charge in [-0.05, 0) is 6.92 Å². The smallest absolute Gasteiger partial charge is 0.335 e. The minimum Gasteiger partial charge on any atom is -0.463 e. The van der Waals surface area contributed by atoms with Gasteiger partial charge >= 0.3 is 11.9 Å². The van der Waals surface area contributed by atoms with Gasteiger partial charge in [0.2, 0.25) is 0 Å². The first-order valence-electron chi connectivity index (χ1n) is 3.37. The van der Waals surface area contributed by atoms with Gasteiger partial charge < -0.3 is 9.47 Å². The minimum absolute atomic E-state index is 0.277. The molecule has 0 aromatic heterocycles. The van der Waals surface area contributed by atoms with Gasteiger partial charge in [-0.25, -0.2) is 9.59 Å². The molecule has 0 saturated carbocycles. The highest BCUT2D eigenvalue weighted by atomic mass is 16.5. The third kappa shape index (κ3) is 5.22. The summed E-state index contributed by atoms with van der Waals surface area (Å²) in [5, 5.41) is 0. The Kier molecular flexibility index (Phi) is 5.34. The second kappa shape index (κ2) is 6.15. The second-order valence-electron chi connectivity index (χ2n) is 1.69. The SMILES string of the molecule is C=COC(=O)/C=C/C(=O)OCC. The predicted molar refractivity (Wildman–Crippen MR) is 42.1 cm³/mol. The Labute approximate surface area is 70.5 Å². The molecule has 0 N–H and O–H groups in total. The molecule has 0 aliphatic carbocycles. The lowest BCUT2D eigenvalue weighted by molar-refractivity contribution is -0.138. The molecular weight excluding hydrogens is 160 g/mol. The van der Waals surface area contributed by atoms with E-state index in [4.69, 9.17) is 0 Å². The van der Waals surface area contributed by atoms with E-state index in [0.29, 0.717) is 0 Å². The third-order valence-corrected chi connectivity index (χ3v) is 0.842. The number of ether oxygens (including phenoxy) is 2. The molecule has 4 heteroatoms. The van der Waals surface area contributed by atoms with Crippen LogP contribution in [0.4, 0.5) is 0 Å². The lowest BCUT2D eigenvalue weighted by Crippen LogP contribution is -2.01. The van der Waals surface area contributed by atoms with E-state index in [2.05, 4.69) is 16.1 Å². The van der Waals surface area contributed by atoms with Gasteiger partial charge in [-0.2, -0.15) is 0 Å². The first kappa shape index (κ1) is 10.4. The fraction of sp³-hybridized carbons (Fsp3) is 0.250. The molecule has 0 amide bonds. The van der Waals surface area contributed by atoms with Gasteiger partial charge in [0, 0.05) is 12.2 Å². The van der Waals surface area contributed by atoms with E-state index >= 15 is 0 Å². The van der Waals surface area contributed by atoms with Crippen molar-refractivity contribution in [2.75, 3.05) is 6.61 Å². The highest BCUT2D eigenvalue weighted by Gasteiger charge is 1.96. The van der Waals surface area contributed by atoms with Gasteiger partial charge in [0.05, 0.1) is 12.9 Å². The average molecular weight is 170 g/mol. The number of rotatable bonds is 4. The Morgan fingerprint density at radius 1 is 1.33 bits per heavy atom. The Morgan fingerprint density at radius 3 is 2.42 bits per heavy atom. The Bertz CT molecular complexity index is 205. The molecular formula is C8H10O4. The van der Waals surface area contributed by atoms with Crippen molar-refractivity contribution < 1.29 is 19.1 Å². The van der Waals surface area contributed by atoms with Crippen LogP contribution >= 0.6 is 0 Å². The van der Waals surface area contributed by atoms with Crippen LogP contribution in [0.15, 0.2) is 25.0 Å². The van der Waals surface area contributed by atoms with Crippen molar-refractivity contribution >= 4 is 11.9 Å². The molecule has 0 aromatic carbocycles. The molecule has 0 heterocycles. The highest BCUT2D eigenvalue weighted by molar-refractivity contribution is 5.91. The van der Waals surface area contributed by atoms with E-state index in [1.165, 1.54) is 0 Å². The summed E-state index contributed by atoms with van der Waals surface area (Å²) in [6.45, 7) is 5.12. The summed E-state index contributed by atoms with van der Waals surface area (Å²) in [7, 11) is 0. The Morgan fingerprint density at radius 2 is 1.92 bits per heavy atom. The molecule has 4 nitrogen and oxygen atoms in total. The van der Waals surface area contributed by atoms with E-state index < -0.39 is 11.9 Å². The largest absolute Gasteiger partial charge is 0.463 e. The lowest BCUT2D eigenvalue weighted by atomic mass is 10.5. The molecule has 66 valence electrons. The van der Waals surface area contributed by atoms with E-state index in [1.54, 1.807) is 6.92 Å². The van der Waals surface area contributed by atoms with Gasteiger partial charge in [-0.3, -0.25) is 0 Å². The van der Waals surface area contributed by atoms with Gasteiger partial charge in [0.25, 0.3) is 0 Å². The zero-order valence-corrected chi connectivity index (χ0v) is 6.78. The van der Waals surface area contributed by atoms with Crippen LogP contribution in [0, 0.1) is 0 Å². The maximum atomic E-state index is 10.6. The fourth-order valence-electron chi connectivity index (χ4n) is 0.448. The van der Waals surface area contributed by atoms with Crippen LogP contribution in [0.5, 0.6) is 0 Å². The van der Waals surface area contributed by atoms with Gasteiger partial charge in [0.1, 0.15) is 0 Å². The number of esters is 2. The average Bonchev–Trinajstić information content (AvgIpc) is 2.02.